The molecule has 0 atom stereocenters. The lowest BCUT2D eigenvalue weighted by Crippen LogP contribution is -2.17. The third-order valence-corrected chi connectivity index (χ3v) is 5.06. The molecule has 4 heteroatoms. The largest absolute Gasteiger partial charge is 0.366 e. The Hall–Kier alpha value is -2.75. The molecule has 4 nitrogen and oxygen atoms in total. The van der Waals surface area contributed by atoms with Crippen molar-refractivity contribution in [1.29, 1.82) is 0 Å². The SMILES string of the molecule is C1=C(c2ccc3ncccc3c2)c2cnc(C3CCC3)nc2NC1. The van der Waals surface area contributed by atoms with E-state index in [1.807, 2.05) is 18.5 Å². The van der Waals surface area contributed by atoms with Crippen LogP contribution in [0.1, 0.15) is 42.1 Å². The van der Waals surface area contributed by atoms with Crippen LogP contribution in [0.5, 0.6) is 0 Å². The van der Waals surface area contributed by atoms with Gasteiger partial charge in [-0.3, -0.25) is 4.98 Å². The lowest BCUT2D eigenvalue weighted by atomic mass is 9.84. The van der Waals surface area contributed by atoms with Gasteiger partial charge >= 0.3 is 0 Å². The van der Waals surface area contributed by atoms with Gasteiger partial charge in [0.15, 0.2) is 0 Å². The normalized spacial score (nSPS) is 16.9. The summed E-state index contributed by atoms with van der Waals surface area (Å²) in [5, 5.41) is 4.56. The van der Waals surface area contributed by atoms with Gasteiger partial charge in [-0.05, 0) is 42.2 Å². The Morgan fingerprint density at radius 3 is 2.92 bits per heavy atom. The number of rotatable bonds is 2. The van der Waals surface area contributed by atoms with Crippen molar-refractivity contribution in [3.05, 3.63) is 65.8 Å². The van der Waals surface area contributed by atoms with Gasteiger partial charge in [-0.2, -0.15) is 0 Å². The fourth-order valence-corrected chi connectivity index (χ4v) is 3.47. The fourth-order valence-electron chi connectivity index (χ4n) is 3.47. The highest BCUT2D eigenvalue weighted by atomic mass is 15.0. The molecule has 118 valence electrons. The van der Waals surface area contributed by atoms with Crippen LogP contribution in [0.2, 0.25) is 0 Å². The number of aromatic nitrogens is 3. The molecule has 0 saturated heterocycles. The first kappa shape index (κ1) is 13.7. The third-order valence-electron chi connectivity index (χ3n) is 5.06. The average molecular weight is 314 g/mol. The van der Waals surface area contributed by atoms with E-state index in [-0.39, 0.29) is 0 Å². The molecule has 5 rings (SSSR count). The minimum atomic E-state index is 0.554. The van der Waals surface area contributed by atoms with Crippen molar-refractivity contribution in [1.82, 2.24) is 15.0 Å². The second-order valence-electron chi connectivity index (χ2n) is 6.53. The number of nitrogens with one attached hydrogen (secondary N) is 1. The number of benzene rings is 1. The first-order valence-electron chi connectivity index (χ1n) is 8.55. The zero-order valence-corrected chi connectivity index (χ0v) is 13.4. The monoisotopic (exact) mass is 314 g/mol. The molecule has 1 aromatic carbocycles. The Labute approximate surface area is 140 Å². The number of pyridine rings is 1. The fraction of sp³-hybridized carbons (Fsp3) is 0.250. The van der Waals surface area contributed by atoms with E-state index in [4.69, 9.17) is 4.98 Å². The average Bonchev–Trinajstić information content (AvgIpc) is 2.59. The van der Waals surface area contributed by atoms with Gasteiger partial charge in [0.1, 0.15) is 11.6 Å². The minimum absolute atomic E-state index is 0.554. The molecule has 1 aliphatic heterocycles. The van der Waals surface area contributed by atoms with Crippen LogP contribution in [-0.2, 0) is 0 Å². The summed E-state index contributed by atoms with van der Waals surface area (Å²) < 4.78 is 0. The number of hydrogen-bond acceptors (Lipinski definition) is 4. The van der Waals surface area contributed by atoms with Crippen LogP contribution in [0.15, 0.2) is 48.8 Å². The van der Waals surface area contributed by atoms with Gasteiger partial charge in [0.25, 0.3) is 0 Å². The second kappa shape index (κ2) is 5.41. The molecule has 0 unspecified atom stereocenters. The summed E-state index contributed by atoms with van der Waals surface area (Å²) in [6, 6.07) is 10.5. The van der Waals surface area contributed by atoms with Crippen LogP contribution in [0.3, 0.4) is 0 Å². The molecule has 0 amide bonds. The molecule has 2 aliphatic rings. The van der Waals surface area contributed by atoms with Gasteiger partial charge in [0, 0.05) is 35.8 Å². The lowest BCUT2D eigenvalue weighted by molar-refractivity contribution is 0.401. The molecule has 1 aliphatic carbocycles. The van der Waals surface area contributed by atoms with Crippen LogP contribution < -0.4 is 5.32 Å². The first-order chi connectivity index (χ1) is 11.9. The second-order valence-corrected chi connectivity index (χ2v) is 6.53. The predicted octanol–water partition coefficient (Wildman–Crippen LogP) is 4.15. The van der Waals surface area contributed by atoms with E-state index >= 15 is 0 Å². The minimum Gasteiger partial charge on any atom is -0.366 e. The molecule has 2 aromatic heterocycles. The van der Waals surface area contributed by atoms with Crippen LogP contribution >= 0.6 is 0 Å². The molecule has 0 spiro atoms. The molecule has 1 N–H and O–H groups in total. The maximum absolute atomic E-state index is 4.80. The summed E-state index contributed by atoms with van der Waals surface area (Å²) in [7, 11) is 0. The van der Waals surface area contributed by atoms with Crippen molar-refractivity contribution in [3.63, 3.8) is 0 Å². The molecule has 1 fully saturated rings. The summed E-state index contributed by atoms with van der Waals surface area (Å²) >= 11 is 0. The van der Waals surface area contributed by atoms with Gasteiger partial charge in [-0.25, -0.2) is 9.97 Å². The smallest absolute Gasteiger partial charge is 0.137 e. The molecular weight excluding hydrogens is 296 g/mol. The number of hydrogen-bond donors (Lipinski definition) is 1. The maximum Gasteiger partial charge on any atom is 0.137 e. The zero-order valence-electron chi connectivity index (χ0n) is 13.4. The van der Waals surface area contributed by atoms with Crippen molar-refractivity contribution in [2.24, 2.45) is 0 Å². The lowest BCUT2D eigenvalue weighted by Gasteiger charge is -2.26. The van der Waals surface area contributed by atoms with Crippen molar-refractivity contribution in [2.45, 2.75) is 25.2 Å². The number of anilines is 1. The molecule has 1 saturated carbocycles. The van der Waals surface area contributed by atoms with Crippen LogP contribution in [0.4, 0.5) is 5.82 Å². The Balaban J connectivity index is 1.57. The summed E-state index contributed by atoms with van der Waals surface area (Å²) in [5.41, 5.74) is 4.51. The van der Waals surface area contributed by atoms with Gasteiger partial charge in [0.2, 0.25) is 0 Å². The third kappa shape index (κ3) is 2.18. The van der Waals surface area contributed by atoms with E-state index in [0.717, 1.165) is 34.7 Å². The Morgan fingerprint density at radius 1 is 1.08 bits per heavy atom. The summed E-state index contributed by atoms with van der Waals surface area (Å²) in [6.07, 6.45) is 9.78. The van der Waals surface area contributed by atoms with E-state index in [2.05, 4.69) is 45.6 Å². The summed E-state index contributed by atoms with van der Waals surface area (Å²) in [4.78, 5) is 13.8. The van der Waals surface area contributed by atoms with Crippen LogP contribution in [-0.4, -0.2) is 21.5 Å². The molecular formula is C20H18N4. The molecule has 3 heterocycles. The van der Waals surface area contributed by atoms with Crippen molar-refractivity contribution in [3.8, 4) is 0 Å². The van der Waals surface area contributed by atoms with Gasteiger partial charge < -0.3 is 5.32 Å². The van der Waals surface area contributed by atoms with E-state index < -0.39 is 0 Å². The van der Waals surface area contributed by atoms with Gasteiger partial charge in [-0.15, -0.1) is 0 Å². The molecule has 0 bridgehead atoms. The molecule has 0 radical (unpaired) electrons. The van der Waals surface area contributed by atoms with Crippen molar-refractivity contribution < 1.29 is 0 Å². The first-order valence-corrected chi connectivity index (χ1v) is 8.55. The highest BCUT2D eigenvalue weighted by molar-refractivity contribution is 5.91. The van der Waals surface area contributed by atoms with E-state index in [9.17, 15) is 0 Å². The molecule has 3 aromatic rings. The number of nitrogens with zero attached hydrogens (tertiary/aromatic N) is 3. The van der Waals surface area contributed by atoms with Gasteiger partial charge in [0.05, 0.1) is 5.52 Å². The van der Waals surface area contributed by atoms with E-state index in [0.29, 0.717) is 5.92 Å². The van der Waals surface area contributed by atoms with Crippen LogP contribution in [0.25, 0.3) is 16.5 Å². The highest BCUT2D eigenvalue weighted by Crippen LogP contribution is 2.37. The van der Waals surface area contributed by atoms with Crippen molar-refractivity contribution >= 4 is 22.3 Å². The standard InChI is InChI=1S/C20H18N4/c1-3-13(4-1)19-23-12-17-16(8-10-22-20(17)24-19)14-6-7-18-15(11-14)5-2-9-21-18/h2,5-9,11-13H,1,3-4,10H2,(H,22,23,24). The highest BCUT2D eigenvalue weighted by Gasteiger charge is 2.24. The maximum atomic E-state index is 4.80. The van der Waals surface area contributed by atoms with E-state index in [1.54, 1.807) is 0 Å². The number of fused-ring (bicyclic) bond motifs is 2. The Morgan fingerprint density at radius 2 is 2.04 bits per heavy atom. The molecule has 24 heavy (non-hydrogen) atoms. The predicted molar refractivity (Wildman–Crippen MR) is 95.9 cm³/mol. The van der Waals surface area contributed by atoms with E-state index in [1.165, 1.54) is 30.4 Å². The quantitative estimate of drug-likeness (QED) is 0.772. The summed E-state index contributed by atoms with van der Waals surface area (Å²) in [5.74, 6) is 2.52. The Bertz CT molecular complexity index is 957. The van der Waals surface area contributed by atoms with Crippen molar-refractivity contribution in [2.75, 3.05) is 11.9 Å². The Kier molecular flexibility index (Phi) is 3.08. The zero-order chi connectivity index (χ0) is 15.9. The van der Waals surface area contributed by atoms with Crippen LogP contribution in [0, 0.1) is 0 Å². The summed E-state index contributed by atoms with van der Waals surface area (Å²) in [6.45, 7) is 0.800. The topological polar surface area (TPSA) is 50.7 Å². The van der Waals surface area contributed by atoms with Gasteiger partial charge in [-0.1, -0.05) is 24.6 Å².